The summed E-state index contributed by atoms with van der Waals surface area (Å²) in [5.74, 6) is 0.478. The molecule has 6 nitrogen and oxygen atoms in total. The molecule has 1 aromatic rings. The third-order valence-electron chi connectivity index (χ3n) is 4.96. The predicted octanol–water partition coefficient (Wildman–Crippen LogP) is 2.20. The van der Waals surface area contributed by atoms with Gasteiger partial charge in [0.2, 0.25) is 11.8 Å². The third-order valence-corrected chi connectivity index (χ3v) is 4.96. The Morgan fingerprint density at radius 2 is 1.63 bits per heavy atom. The number of hydrogen-bond acceptors (Lipinski definition) is 4. The molecule has 0 bridgehead atoms. The van der Waals surface area contributed by atoms with Crippen molar-refractivity contribution in [2.75, 3.05) is 51.1 Å². The number of aryl methyl sites for hydroxylation is 1. The number of nitrogens with zero attached hydrogens (tertiary/aromatic N) is 2. The summed E-state index contributed by atoms with van der Waals surface area (Å²) < 4.78 is 0. The molecule has 0 spiro atoms. The smallest absolute Gasteiger partial charge is 0.238 e. The Morgan fingerprint density at radius 3 is 2.19 bits per heavy atom. The molecule has 1 aliphatic rings. The van der Waals surface area contributed by atoms with E-state index >= 15 is 0 Å². The minimum Gasteiger partial charge on any atom is -0.355 e. The van der Waals surface area contributed by atoms with Gasteiger partial charge in [-0.3, -0.25) is 19.4 Å². The molecule has 2 N–H and O–H groups in total. The molecule has 1 aromatic carbocycles. The molecule has 1 fully saturated rings. The number of para-hydroxylation sites is 1. The molecule has 0 saturated carbocycles. The monoisotopic (exact) mass is 374 g/mol. The van der Waals surface area contributed by atoms with Gasteiger partial charge in [0, 0.05) is 38.4 Å². The van der Waals surface area contributed by atoms with Crippen molar-refractivity contribution in [2.45, 2.75) is 40.0 Å². The van der Waals surface area contributed by atoms with Crippen LogP contribution >= 0.6 is 0 Å². The fourth-order valence-electron chi connectivity index (χ4n) is 3.35. The summed E-state index contributed by atoms with van der Waals surface area (Å²) in [5, 5.41) is 6.03. The molecule has 1 saturated heterocycles. The van der Waals surface area contributed by atoms with E-state index in [9.17, 15) is 9.59 Å². The highest BCUT2D eigenvalue weighted by molar-refractivity contribution is 5.94. The van der Waals surface area contributed by atoms with Gasteiger partial charge in [-0.1, -0.05) is 39.0 Å². The zero-order chi connectivity index (χ0) is 19.8. The number of carbonyl (C=O) groups is 2. The van der Waals surface area contributed by atoms with Crippen molar-refractivity contribution in [3.8, 4) is 0 Å². The number of hydrogen-bond donors (Lipinski definition) is 2. The van der Waals surface area contributed by atoms with Crippen LogP contribution in [-0.2, 0) is 9.59 Å². The Bertz CT molecular complexity index is 637. The maximum absolute atomic E-state index is 12.6. The van der Waals surface area contributed by atoms with Crippen LogP contribution in [0.2, 0.25) is 0 Å². The highest BCUT2D eigenvalue weighted by Gasteiger charge is 2.21. The molecule has 0 atom stereocenters. The normalized spacial score (nSPS) is 15.7. The van der Waals surface area contributed by atoms with Gasteiger partial charge in [-0.2, -0.15) is 0 Å². The summed E-state index contributed by atoms with van der Waals surface area (Å²) in [5.41, 5.74) is 3.22. The van der Waals surface area contributed by atoms with Gasteiger partial charge in [0.15, 0.2) is 0 Å². The summed E-state index contributed by atoms with van der Waals surface area (Å²) >= 11 is 0. The van der Waals surface area contributed by atoms with Gasteiger partial charge in [-0.25, -0.2) is 0 Å². The summed E-state index contributed by atoms with van der Waals surface area (Å²) in [7, 11) is 0. The second kappa shape index (κ2) is 10.4. The maximum atomic E-state index is 12.6. The van der Waals surface area contributed by atoms with Crippen LogP contribution in [0.3, 0.4) is 0 Å². The van der Waals surface area contributed by atoms with Gasteiger partial charge in [0.1, 0.15) is 0 Å². The number of nitrogens with one attached hydrogen (secondary N) is 2. The Morgan fingerprint density at radius 1 is 1.04 bits per heavy atom. The molecule has 27 heavy (non-hydrogen) atoms. The number of benzene rings is 1. The van der Waals surface area contributed by atoms with E-state index in [4.69, 9.17) is 0 Å². The van der Waals surface area contributed by atoms with E-state index in [2.05, 4.69) is 40.3 Å². The van der Waals surface area contributed by atoms with Gasteiger partial charge >= 0.3 is 0 Å². The van der Waals surface area contributed by atoms with E-state index in [1.165, 1.54) is 5.56 Å². The van der Waals surface area contributed by atoms with Crippen molar-refractivity contribution >= 4 is 17.5 Å². The second-order valence-corrected chi connectivity index (χ2v) is 7.64. The fraction of sp³-hybridized carbons (Fsp3) is 0.619. The molecule has 0 aliphatic carbocycles. The van der Waals surface area contributed by atoms with E-state index < -0.39 is 0 Å². The van der Waals surface area contributed by atoms with Crippen molar-refractivity contribution in [3.05, 3.63) is 29.3 Å². The number of amides is 2. The van der Waals surface area contributed by atoms with E-state index in [0.29, 0.717) is 19.0 Å². The Hall–Kier alpha value is -1.92. The van der Waals surface area contributed by atoms with Gasteiger partial charge < -0.3 is 10.6 Å². The van der Waals surface area contributed by atoms with Crippen LogP contribution in [0.4, 0.5) is 5.69 Å². The summed E-state index contributed by atoms with van der Waals surface area (Å²) in [6.45, 7) is 13.2. The molecule has 0 radical (unpaired) electrons. The van der Waals surface area contributed by atoms with Crippen LogP contribution < -0.4 is 10.6 Å². The zero-order valence-corrected chi connectivity index (χ0v) is 17.2. The standard InChI is InChI=1S/C21H34N4O2/c1-5-9-22-19(26)14-24-10-12-25(13-11-24)15-20(27)23-21-17(4)7-6-8-18(21)16(2)3/h6-8,16H,5,9-15H2,1-4H3,(H,22,26)(H,23,27). The molecule has 1 aliphatic heterocycles. The van der Waals surface area contributed by atoms with Crippen molar-refractivity contribution < 1.29 is 9.59 Å². The van der Waals surface area contributed by atoms with Crippen LogP contribution in [0.1, 0.15) is 44.2 Å². The Labute approximate surface area is 163 Å². The first-order valence-electron chi connectivity index (χ1n) is 10.0. The largest absolute Gasteiger partial charge is 0.355 e. The minimum absolute atomic E-state index is 0.0281. The van der Waals surface area contributed by atoms with E-state index in [-0.39, 0.29) is 11.8 Å². The first kappa shape index (κ1) is 21.4. The van der Waals surface area contributed by atoms with E-state index in [0.717, 1.165) is 50.4 Å². The highest BCUT2D eigenvalue weighted by Crippen LogP contribution is 2.27. The van der Waals surface area contributed by atoms with Crippen molar-refractivity contribution in [1.29, 1.82) is 0 Å². The van der Waals surface area contributed by atoms with Crippen LogP contribution in [0.15, 0.2) is 18.2 Å². The molecule has 2 amide bonds. The molecule has 0 aromatic heterocycles. The molecular formula is C21H34N4O2. The lowest BCUT2D eigenvalue weighted by molar-refractivity contribution is -0.123. The summed E-state index contributed by atoms with van der Waals surface area (Å²) in [6.07, 6.45) is 0.952. The number of piperazine rings is 1. The average molecular weight is 375 g/mol. The van der Waals surface area contributed by atoms with Crippen LogP contribution in [-0.4, -0.2) is 67.4 Å². The zero-order valence-electron chi connectivity index (χ0n) is 17.2. The maximum Gasteiger partial charge on any atom is 0.238 e. The molecular weight excluding hydrogens is 340 g/mol. The van der Waals surface area contributed by atoms with Crippen molar-refractivity contribution in [1.82, 2.24) is 15.1 Å². The lowest BCUT2D eigenvalue weighted by Crippen LogP contribution is -2.51. The molecule has 150 valence electrons. The Balaban J connectivity index is 1.81. The molecule has 0 unspecified atom stereocenters. The second-order valence-electron chi connectivity index (χ2n) is 7.64. The lowest BCUT2D eigenvalue weighted by atomic mass is 9.98. The van der Waals surface area contributed by atoms with Gasteiger partial charge in [0.05, 0.1) is 13.1 Å². The first-order valence-corrected chi connectivity index (χ1v) is 10.0. The SMILES string of the molecule is CCCNC(=O)CN1CCN(CC(=O)Nc2c(C)cccc2C(C)C)CC1. The van der Waals surface area contributed by atoms with Crippen molar-refractivity contribution in [3.63, 3.8) is 0 Å². The number of anilines is 1. The summed E-state index contributed by atoms with van der Waals surface area (Å²) in [4.78, 5) is 28.7. The van der Waals surface area contributed by atoms with Crippen LogP contribution in [0.25, 0.3) is 0 Å². The first-order chi connectivity index (χ1) is 12.9. The topological polar surface area (TPSA) is 64.7 Å². The highest BCUT2D eigenvalue weighted by atomic mass is 16.2. The molecule has 1 heterocycles. The quantitative estimate of drug-likeness (QED) is 0.732. The van der Waals surface area contributed by atoms with Gasteiger partial charge in [-0.15, -0.1) is 0 Å². The predicted molar refractivity (Wildman–Crippen MR) is 110 cm³/mol. The van der Waals surface area contributed by atoms with Crippen molar-refractivity contribution in [2.24, 2.45) is 0 Å². The van der Waals surface area contributed by atoms with Crippen LogP contribution in [0, 0.1) is 6.92 Å². The average Bonchev–Trinajstić information content (AvgIpc) is 2.63. The lowest BCUT2D eigenvalue weighted by Gasteiger charge is -2.33. The van der Waals surface area contributed by atoms with Crippen LogP contribution in [0.5, 0.6) is 0 Å². The number of carbonyl (C=O) groups excluding carboxylic acids is 2. The Kier molecular flexibility index (Phi) is 8.25. The summed E-state index contributed by atoms with van der Waals surface area (Å²) in [6, 6.07) is 6.15. The fourth-order valence-corrected chi connectivity index (χ4v) is 3.35. The van der Waals surface area contributed by atoms with Gasteiger partial charge in [0.25, 0.3) is 0 Å². The van der Waals surface area contributed by atoms with Gasteiger partial charge in [-0.05, 0) is 30.4 Å². The molecule has 6 heteroatoms. The third kappa shape index (κ3) is 6.63. The minimum atomic E-state index is 0.0281. The van der Waals surface area contributed by atoms with E-state index in [1.54, 1.807) is 0 Å². The molecule has 2 rings (SSSR count). The van der Waals surface area contributed by atoms with E-state index in [1.807, 2.05) is 26.0 Å². The number of rotatable bonds is 8.